The maximum atomic E-state index is 8.54. The molecule has 0 fully saturated rings. The highest BCUT2D eigenvalue weighted by Crippen LogP contribution is 2.05. The first-order chi connectivity index (χ1) is 5.34. The normalized spacial score (nSPS) is 14.9. The van der Waals surface area contributed by atoms with Crippen molar-refractivity contribution in [1.29, 1.82) is 0 Å². The zero-order valence-electron chi connectivity index (χ0n) is 7.57. The van der Waals surface area contributed by atoms with Crippen LogP contribution < -0.4 is 10.6 Å². The molecule has 0 aromatic carbocycles. The van der Waals surface area contributed by atoms with E-state index in [-0.39, 0.29) is 6.61 Å². The van der Waals surface area contributed by atoms with E-state index in [1.165, 1.54) is 0 Å². The summed E-state index contributed by atoms with van der Waals surface area (Å²) in [6.45, 7) is 7.04. The van der Waals surface area contributed by atoms with Crippen LogP contribution >= 0.6 is 0 Å². The average Bonchev–Trinajstić information content (AvgIpc) is 2.42. The second kappa shape index (κ2) is 6.04. The zero-order valence-corrected chi connectivity index (χ0v) is 7.57. The second-order valence-corrected chi connectivity index (χ2v) is 2.11. The number of hydrogen-bond donors (Lipinski definition) is 3. The van der Waals surface area contributed by atoms with E-state index in [9.17, 15) is 0 Å². The van der Waals surface area contributed by atoms with Crippen molar-refractivity contribution in [1.82, 2.24) is 10.6 Å². The van der Waals surface area contributed by atoms with Gasteiger partial charge in [0, 0.05) is 24.4 Å². The number of nitrogens with one attached hydrogen (secondary N) is 2. The van der Waals surface area contributed by atoms with Crippen molar-refractivity contribution in [2.75, 3.05) is 13.3 Å². The largest absolute Gasteiger partial charge is 0.396 e. The van der Waals surface area contributed by atoms with Crippen LogP contribution in [-0.4, -0.2) is 18.4 Å². The second-order valence-electron chi connectivity index (χ2n) is 2.11. The average molecular weight is 158 g/mol. The number of allylic oxidation sites excluding steroid dienone is 1. The van der Waals surface area contributed by atoms with Crippen LogP contribution in [0.15, 0.2) is 11.4 Å². The van der Waals surface area contributed by atoms with Gasteiger partial charge in [-0.3, -0.25) is 0 Å². The van der Waals surface area contributed by atoms with E-state index in [2.05, 4.69) is 10.6 Å². The first-order valence-corrected chi connectivity index (χ1v) is 4.13. The lowest BCUT2D eigenvalue weighted by Crippen LogP contribution is -2.15. The monoisotopic (exact) mass is 158 g/mol. The van der Waals surface area contributed by atoms with Gasteiger partial charge >= 0.3 is 0 Å². The molecule has 0 amide bonds. The van der Waals surface area contributed by atoms with Gasteiger partial charge in [0.2, 0.25) is 0 Å². The van der Waals surface area contributed by atoms with Crippen molar-refractivity contribution in [3.63, 3.8) is 0 Å². The van der Waals surface area contributed by atoms with Crippen molar-refractivity contribution < 1.29 is 5.11 Å². The fourth-order valence-electron chi connectivity index (χ4n) is 0.910. The van der Waals surface area contributed by atoms with Gasteiger partial charge in [-0.1, -0.05) is 13.8 Å². The van der Waals surface area contributed by atoms with Crippen molar-refractivity contribution in [2.45, 2.75) is 27.2 Å². The number of hydrogen-bond acceptors (Lipinski definition) is 3. The fraction of sp³-hybridized carbons (Fsp3) is 0.750. The summed E-state index contributed by atoms with van der Waals surface area (Å²) in [4.78, 5) is 0. The van der Waals surface area contributed by atoms with Gasteiger partial charge in [0.1, 0.15) is 0 Å². The molecule has 1 rings (SSSR count). The van der Waals surface area contributed by atoms with E-state index < -0.39 is 0 Å². The topological polar surface area (TPSA) is 44.3 Å². The molecule has 3 nitrogen and oxygen atoms in total. The van der Waals surface area contributed by atoms with E-state index in [0.29, 0.717) is 0 Å². The molecule has 0 aromatic rings. The third-order valence-corrected chi connectivity index (χ3v) is 1.47. The quantitative estimate of drug-likeness (QED) is 0.556. The van der Waals surface area contributed by atoms with E-state index >= 15 is 0 Å². The third-order valence-electron chi connectivity index (χ3n) is 1.47. The summed E-state index contributed by atoms with van der Waals surface area (Å²) in [6, 6.07) is 0. The first kappa shape index (κ1) is 10.3. The minimum absolute atomic E-state index is 0.224. The Hall–Kier alpha value is -0.700. The summed E-state index contributed by atoms with van der Waals surface area (Å²) in [5, 5.41) is 14.8. The molecule has 1 aliphatic rings. The van der Waals surface area contributed by atoms with Crippen LogP contribution in [0.1, 0.15) is 27.2 Å². The molecule has 0 unspecified atom stereocenters. The number of rotatable bonds is 2. The van der Waals surface area contributed by atoms with E-state index in [4.69, 9.17) is 5.11 Å². The molecule has 3 N–H and O–H groups in total. The highest BCUT2D eigenvalue weighted by molar-refractivity contribution is 5.12. The first-order valence-electron chi connectivity index (χ1n) is 4.13. The highest BCUT2D eigenvalue weighted by atomic mass is 16.3. The van der Waals surface area contributed by atoms with Gasteiger partial charge < -0.3 is 15.7 Å². The van der Waals surface area contributed by atoms with E-state index in [1.54, 1.807) is 0 Å². The Morgan fingerprint density at radius 3 is 2.36 bits per heavy atom. The van der Waals surface area contributed by atoms with E-state index in [0.717, 1.165) is 24.5 Å². The Labute approximate surface area is 68.5 Å². The molecule has 1 aliphatic heterocycles. The maximum absolute atomic E-state index is 8.54. The minimum atomic E-state index is 0.224. The minimum Gasteiger partial charge on any atom is -0.396 e. The Kier molecular flexibility index (Phi) is 5.65. The lowest BCUT2D eigenvalue weighted by molar-refractivity contribution is 0.297. The molecule has 11 heavy (non-hydrogen) atoms. The van der Waals surface area contributed by atoms with Crippen LogP contribution in [0.5, 0.6) is 0 Å². The van der Waals surface area contributed by atoms with Crippen molar-refractivity contribution >= 4 is 0 Å². The predicted molar refractivity (Wildman–Crippen MR) is 46.9 cm³/mol. The summed E-state index contributed by atoms with van der Waals surface area (Å²) in [5.41, 5.74) is 2.29. The van der Waals surface area contributed by atoms with Gasteiger partial charge in [0.15, 0.2) is 0 Å². The molecule has 1 heterocycles. The third kappa shape index (κ3) is 3.28. The zero-order chi connectivity index (χ0) is 8.69. The molecule has 66 valence electrons. The smallest absolute Gasteiger partial charge is 0.0845 e. The number of aliphatic hydroxyl groups is 1. The van der Waals surface area contributed by atoms with Crippen molar-refractivity contribution in [2.24, 2.45) is 0 Å². The summed E-state index contributed by atoms with van der Waals surface area (Å²) in [7, 11) is 0. The van der Waals surface area contributed by atoms with Gasteiger partial charge in [0.25, 0.3) is 0 Å². The maximum Gasteiger partial charge on any atom is 0.0845 e. The summed E-state index contributed by atoms with van der Waals surface area (Å²) >= 11 is 0. The van der Waals surface area contributed by atoms with Crippen LogP contribution in [-0.2, 0) is 0 Å². The van der Waals surface area contributed by atoms with Gasteiger partial charge in [-0.05, 0) is 6.92 Å². The Balaban J connectivity index is 0.000000461. The van der Waals surface area contributed by atoms with Gasteiger partial charge in [-0.25, -0.2) is 0 Å². The lowest BCUT2D eigenvalue weighted by atomic mass is 10.3. The summed E-state index contributed by atoms with van der Waals surface area (Å²) in [6.07, 6.45) is 0.735. The molecule has 0 saturated carbocycles. The molecule has 0 spiro atoms. The van der Waals surface area contributed by atoms with Gasteiger partial charge in [-0.2, -0.15) is 0 Å². The summed E-state index contributed by atoms with van der Waals surface area (Å²) in [5.74, 6) is 0. The molecule has 0 bridgehead atoms. The van der Waals surface area contributed by atoms with Crippen molar-refractivity contribution in [3.8, 4) is 0 Å². The SMILES string of the molecule is CC.CC1=C(CCO)NCN1. The van der Waals surface area contributed by atoms with Crippen LogP contribution in [0, 0.1) is 0 Å². The standard InChI is InChI=1S/C6H12N2O.C2H6/c1-5-6(2-3-9)8-4-7-5;1-2/h7-9H,2-4H2,1H3;1-2H3. The fourth-order valence-corrected chi connectivity index (χ4v) is 0.910. The Bertz CT molecular complexity index is 132. The van der Waals surface area contributed by atoms with Crippen LogP contribution in [0.25, 0.3) is 0 Å². The van der Waals surface area contributed by atoms with Crippen LogP contribution in [0.3, 0.4) is 0 Å². The van der Waals surface area contributed by atoms with Crippen LogP contribution in [0.2, 0.25) is 0 Å². The molecule has 3 heteroatoms. The van der Waals surface area contributed by atoms with Crippen LogP contribution in [0.4, 0.5) is 0 Å². The molecular formula is C8H18N2O. The molecule has 0 radical (unpaired) electrons. The molecule has 0 atom stereocenters. The Morgan fingerprint density at radius 2 is 2.00 bits per heavy atom. The highest BCUT2D eigenvalue weighted by Gasteiger charge is 2.06. The molecule has 0 saturated heterocycles. The molecular weight excluding hydrogens is 140 g/mol. The predicted octanol–water partition coefficient (Wildman–Crippen LogP) is 0.777. The Morgan fingerprint density at radius 1 is 1.36 bits per heavy atom. The van der Waals surface area contributed by atoms with Crippen molar-refractivity contribution in [3.05, 3.63) is 11.4 Å². The molecule has 0 aromatic heterocycles. The van der Waals surface area contributed by atoms with Gasteiger partial charge in [0.05, 0.1) is 6.67 Å². The van der Waals surface area contributed by atoms with Gasteiger partial charge in [-0.15, -0.1) is 0 Å². The lowest BCUT2D eigenvalue weighted by Gasteiger charge is -1.98. The van der Waals surface area contributed by atoms with E-state index in [1.807, 2.05) is 20.8 Å². The number of aliphatic hydroxyl groups excluding tert-OH is 1. The molecule has 0 aliphatic carbocycles. The summed E-state index contributed by atoms with van der Waals surface area (Å²) < 4.78 is 0.